The molecule has 2 rings (SSSR count). The summed E-state index contributed by atoms with van der Waals surface area (Å²) >= 11 is 5.94. The van der Waals surface area contributed by atoms with Gasteiger partial charge >= 0.3 is 0 Å². The minimum absolute atomic E-state index is 0.283. The average molecular weight is 343 g/mol. The molecular weight excluding hydrogens is 324 g/mol. The molecular formula is C19H19ClN2O2. The fourth-order valence-electron chi connectivity index (χ4n) is 2.21. The van der Waals surface area contributed by atoms with Crippen molar-refractivity contribution < 1.29 is 9.53 Å². The molecule has 2 aromatic rings. The number of hydrogen-bond donors (Lipinski definition) is 1. The summed E-state index contributed by atoms with van der Waals surface area (Å²) in [7, 11) is 0. The normalized spacial score (nSPS) is 11.8. The molecule has 24 heavy (non-hydrogen) atoms. The van der Waals surface area contributed by atoms with E-state index in [1.165, 1.54) is 12.4 Å². The first-order chi connectivity index (χ1) is 11.4. The monoisotopic (exact) mass is 342 g/mol. The number of pyridine rings is 1. The number of amides is 1. The second kappa shape index (κ2) is 7.85. The average Bonchev–Trinajstić information content (AvgIpc) is 2.53. The van der Waals surface area contributed by atoms with Crippen LogP contribution in [0, 0.1) is 11.8 Å². The number of hydrogen-bond acceptors (Lipinski definition) is 3. The fraction of sp³-hybridized carbons (Fsp3) is 0.263. The van der Waals surface area contributed by atoms with Crippen molar-refractivity contribution in [1.29, 1.82) is 0 Å². The molecule has 1 heterocycles. The van der Waals surface area contributed by atoms with Gasteiger partial charge in [0, 0.05) is 17.8 Å². The Morgan fingerprint density at radius 1 is 1.29 bits per heavy atom. The molecule has 0 aliphatic rings. The van der Waals surface area contributed by atoms with Gasteiger partial charge in [-0.15, -0.1) is 5.92 Å². The molecule has 1 aromatic heterocycles. The molecule has 4 nitrogen and oxygen atoms in total. The van der Waals surface area contributed by atoms with Gasteiger partial charge in [-0.1, -0.05) is 47.9 Å². The van der Waals surface area contributed by atoms with Crippen molar-refractivity contribution in [3.8, 4) is 17.6 Å². The zero-order chi connectivity index (χ0) is 17.6. The summed E-state index contributed by atoms with van der Waals surface area (Å²) in [5.41, 5.74) is 0.0738. The highest BCUT2D eigenvalue weighted by molar-refractivity contribution is 6.30. The van der Waals surface area contributed by atoms with E-state index in [1.807, 2.05) is 44.2 Å². The highest BCUT2D eigenvalue weighted by Gasteiger charge is 2.27. The maximum Gasteiger partial charge on any atom is 0.266 e. The summed E-state index contributed by atoms with van der Waals surface area (Å²) in [6.07, 6.45) is 2.20. The Balaban J connectivity index is 2.29. The summed E-state index contributed by atoms with van der Waals surface area (Å²) in [6.45, 7) is 5.41. The van der Waals surface area contributed by atoms with Crippen LogP contribution in [-0.4, -0.2) is 16.4 Å². The third-order valence-corrected chi connectivity index (χ3v) is 3.35. The van der Waals surface area contributed by atoms with Gasteiger partial charge in [0.15, 0.2) is 0 Å². The molecule has 0 radical (unpaired) electrons. The number of halogens is 1. The maximum atomic E-state index is 12.8. The number of nitrogens with zero attached hydrogens (tertiary/aromatic N) is 1. The third kappa shape index (κ3) is 5.00. The number of aromatic nitrogens is 1. The van der Waals surface area contributed by atoms with Crippen LogP contribution in [0.25, 0.3) is 0 Å². The van der Waals surface area contributed by atoms with E-state index in [4.69, 9.17) is 16.3 Å². The lowest BCUT2D eigenvalue weighted by Crippen LogP contribution is -2.45. The molecule has 0 bridgehead atoms. The Hall–Kier alpha value is -2.51. The lowest BCUT2D eigenvalue weighted by Gasteiger charge is -2.25. The summed E-state index contributed by atoms with van der Waals surface area (Å²) in [4.78, 5) is 16.7. The molecule has 0 fully saturated rings. The van der Waals surface area contributed by atoms with Gasteiger partial charge in [0.2, 0.25) is 6.10 Å². The molecule has 1 unspecified atom stereocenters. The molecule has 0 aliphatic carbocycles. The maximum absolute atomic E-state index is 12.8. The van der Waals surface area contributed by atoms with Gasteiger partial charge < -0.3 is 10.1 Å². The lowest BCUT2D eigenvalue weighted by atomic mass is 10.0. The van der Waals surface area contributed by atoms with Crippen LogP contribution in [0.1, 0.15) is 32.4 Å². The standard InChI is InChI=1S/C19H19ClN2O2/c1-4-10-19(2,3)22-18(23)17(14-8-6-5-7-9-14)24-16-11-15(20)12-21-13-16/h5-9,11-13,17H,1-3H3,(H,22,23). The molecule has 1 atom stereocenters. The van der Waals surface area contributed by atoms with Crippen molar-refractivity contribution in [3.63, 3.8) is 0 Å². The second-order valence-corrected chi connectivity index (χ2v) is 6.17. The van der Waals surface area contributed by atoms with Crippen LogP contribution in [0.15, 0.2) is 48.8 Å². The molecule has 5 heteroatoms. The number of benzene rings is 1. The van der Waals surface area contributed by atoms with Gasteiger partial charge in [-0.05, 0) is 20.8 Å². The number of carbonyl (C=O) groups is 1. The van der Waals surface area contributed by atoms with Gasteiger partial charge in [0.1, 0.15) is 5.75 Å². The first-order valence-electron chi connectivity index (χ1n) is 7.49. The van der Waals surface area contributed by atoms with Gasteiger partial charge in [-0.3, -0.25) is 9.78 Å². The number of carbonyl (C=O) groups excluding carboxylic acids is 1. The van der Waals surface area contributed by atoms with E-state index in [-0.39, 0.29) is 5.91 Å². The Bertz CT molecular complexity index is 764. The molecule has 1 N–H and O–H groups in total. The fourth-order valence-corrected chi connectivity index (χ4v) is 2.37. The molecule has 1 amide bonds. The summed E-state index contributed by atoms with van der Waals surface area (Å²) in [5.74, 6) is 5.92. The van der Waals surface area contributed by atoms with E-state index in [1.54, 1.807) is 13.0 Å². The smallest absolute Gasteiger partial charge is 0.266 e. The summed E-state index contributed by atoms with van der Waals surface area (Å²) in [5, 5.41) is 3.34. The largest absolute Gasteiger partial charge is 0.474 e. The highest BCUT2D eigenvalue weighted by atomic mass is 35.5. The zero-order valence-corrected chi connectivity index (χ0v) is 14.6. The Labute approximate surface area is 147 Å². The van der Waals surface area contributed by atoms with Crippen LogP contribution in [0.2, 0.25) is 5.02 Å². The van der Waals surface area contributed by atoms with Crippen molar-refractivity contribution >= 4 is 17.5 Å². The van der Waals surface area contributed by atoms with Crippen LogP contribution < -0.4 is 10.1 Å². The van der Waals surface area contributed by atoms with E-state index in [0.29, 0.717) is 10.8 Å². The zero-order valence-electron chi connectivity index (χ0n) is 13.8. The number of rotatable bonds is 5. The predicted molar refractivity (Wildman–Crippen MR) is 94.7 cm³/mol. The SMILES string of the molecule is CC#CC(C)(C)NC(=O)C(Oc1cncc(Cl)c1)c1ccccc1. The van der Waals surface area contributed by atoms with Gasteiger partial charge in [-0.25, -0.2) is 0 Å². The van der Waals surface area contributed by atoms with E-state index >= 15 is 0 Å². The molecule has 0 saturated carbocycles. The van der Waals surface area contributed by atoms with Crippen LogP contribution >= 0.6 is 11.6 Å². The van der Waals surface area contributed by atoms with Crippen molar-refractivity contribution in [1.82, 2.24) is 10.3 Å². The van der Waals surface area contributed by atoms with Crippen molar-refractivity contribution in [2.45, 2.75) is 32.4 Å². The lowest BCUT2D eigenvalue weighted by molar-refractivity contribution is -0.129. The second-order valence-electron chi connectivity index (χ2n) is 5.74. The van der Waals surface area contributed by atoms with Crippen LogP contribution in [0.3, 0.4) is 0 Å². The molecule has 124 valence electrons. The van der Waals surface area contributed by atoms with Crippen LogP contribution in [0.5, 0.6) is 5.75 Å². The molecule has 0 saturated heterocycles. The first kappa shape index (κ1) is 17.8. The van der Waals surface area contributed by atoms with E-state index in [2.05, 4.69) is 22.1 Å². The third-order valence-electron chi connectivity index (χ3n) is 3.15. The number of nitrogens with one attached hydrogen (secondary N) is 1. The van der Waals surface area contributed by atoms with E-state index in [9.17, 15) is 4.79 Å². The Morgan fingerprint density at radius 2 is 2.00 bits per heavy atom. The Morgan fingerprint density at radius 3 is 2.62 bits per heavy atom. The van der Waals surface area contributed by atoms with Crippen molar-refractivity contribution in [2.75, 3.05) is 0 Å². The van der Waals surface area contributed by atoms with Crippen molar-refractivity contribution in [3.05, 3.63) is 59.4 Å². The molecule has 1 aromatic carbocycles. The minimum atomic E-state index is -0.829. The van der Waals surface area contributed by atoms with Gasteiger partial charge in [0.05, 0.1) is 16.8 Å². The highest BCUT2D eigenvalue weighted by Crippen LogP contribution is 2.24. The van der Waals surface area contributed by atoms with Crippen LogP contribution in [-0.2, 0) is 4.79 Å². The molecule has 0 aliphatic heterocycles. The van der Waals surface area contributed by atoms with Gasteiger partial charge in [0.25, 0.3) is 5.91 Å². The number of ether oxygens (including phenoxy) is 1. The van der Waals surface area contributed by atoms with Crippen LogP contribution in [0.4, 0.5) is 0 Å². The topological polar surface area (TPSA) is 51.2 Å². The first-order valence-corrected chi connectivity index (χ1v) is 7.87. The van der Waals surface area contributed by atoms with E-state index < -0.39 is 11.6 Å². The van der Waals surface area contributed by atoms with Crippen molar-refractivity contribution in [2.24, 2.45) is 0 Å². The molecule has 0 spiro atoms. The predicted octanol–water partition coefficient (Wildman–Crippen LogP) is 3.77. The van der Waals surface area contributed by atoms with E-state index in [0.717, 1.165) is 5.56 Å². The quantitative estimate of drug-likeness (QED) is 0.841. The minimum Gasteiger partial charge on any atom is -0.474 e. The summed E-state index contributed by atoms with van der Waals surface area (Å²) < 4.78 is 5.86. The summed E-state index contributed by atoms with van der Waals surface area (Å²) in [6, 6.07) is 10.9. The Kier molecular flexibility index (Phi) is 5.83. The van der Waals surface area contributed by atoms with Gasteiger partial charge in [-0.2, -0.15) is 0 Å².